The molecule has 0 aliphatic heterocycles. The molecule has 1 unspecified atom stereocenters. The van der Waals surface area contributed by atoms with Crippen LogP contribution >= 0.6 is 0 Å². The first-order valence-electron chi connectivity index (χ1n) is 13.1. The molecule has 0 saturated heterocycles. The van der Waals surface area contributed by atoms with E-state index in [1.807, 2.05) is 13.0 Å². The molecule has 1 saturated carbocycles. The Bertz CT molecular complexity index is 650. The second kappa shape index (κ2) is 12.7. The van der Waals surface area contributed by atoms with Gasteiger partial charge in [0.15, 0.2) is 0 Å². The van der Waals surface area contributed by atoms with Crippen molar-refractivity contribution in [3.05, 3.63) is 46.8 Å². The number of benzene rings is 1. The Kier molecular flexibility index (Phi) is 9.95. The minimum Gasteiger partial charge on any atom is -0.207 e. The summed E-state index contributed by atoms with van der Waals surface area (Å²) in [5.41, 5.74) is 3.60. The van der Waals surface area contributed by atoms with Crippen LogP contribution in [0.15, 0.2) is 29.8 Å². The van der Waals surface area contributed by atoms with Gasteiger partial charge in [0, 0.05) is 0 Å². The first-order chi connectivity index (χ1) is 14.7. The zero-order chi connectivity index (χ0) is 21.2. The maximum Gasteiger partial charge on any atom is 0.126 e. The number of allylic oxidation sites excluding steroid dienone is 2. The van der Waals surface area contributed by atoms with Gasteiger partial charge in [-0.05, 0) is 79.9 Å². The Morgan fingerprint density at radius 1 is 0.833 bits per heavy atom. The van der Waals surface area contributed by atoms with E-state index < -0.39 is 0 Å². The minimum absolute atomic E-state index is 0.0253. The van der Waals surface area contributed by atoms with Gasteiger partial charge in [0.1, 0.15) is 5.82 Å². The number of rotatable bonds is 11. The van der Waals surface area contributed by atoms with Gasteiger partial charge in [0.25, 0.3) is 0 Å². The number of hydrogen-bond acceptors (Lipinski definition) is 0. The molecule has 1 aromatic carbocycles. The Morgan fingerprint density at radius 3 is 2.20 bits per heavy atom. The van der Waals surface area contributed by atoms with Crippen molar-refractivity contribution in [2.45, 2.75) is 117 Å². The quantitative estimate of drug-likeness (QED) is 0.251. The van der Waals surface area contributed by atoms with Gasteiger partial charge in [-0.2, -0.15) is 0 Å². The smallest absolute Gasteiger partial charge is 0.126 e. The summed E-state index contributed by atoms with van der Waals surface area (Å²) in [6, 6.07) is 5.84. The number of aryl methyl sites for hydroxylation is 2. The summed E-state index contributed by atoms with van der Waals surface area (Å²) in [5, 5.41) is 0. The summed E-state index contributed by atoms with van der Waals surface area (Å²) in [4.78, 5) is 0. The Hall–Kier alpha value is -1.11. The van der Waals surface area contributed by atoms with Gasteiger partial charge in [-0.1, -0.05) is 95.4 Å². The van der Waals surface area contributed by atoms with Gasteiger partial charge >= 0.3 is 0 Å². The van der Waals surface area contributed by atoms with Crippen LogP contribution in [0, 0.1) is 23.6 Å². The third-order valence-electron chi connectivity index (χ3n) is 8.01. The topological polar surface area (TPSA) is 0 Å². The highest BCUT2D eigenvalue weighted by Gasteiger charge is 2.22. The monoisotopic (exact) mass is 412 g/mol. The Labute approximate surface area is 185 Å². The number of halogens is 1. The normalized spacial score (nSPS) is 24.6. The summed E-state index contributed by atoms with van der Waals surface area (Å²) in [6.07, 6.45) is 24.0. The second-order valence-electron chi connectivity index (χ2n) is 10.2. The lowest BCUT2D eigenvalue weighted by atomic mass is 9.76. The first-order valence-corrected chi connectivity index (χ1v) is 13.1. The molecule has 2 aliphatic carbocycles. The molecule has 0 radical (unpaired) electrons. The summed E-state index contributed by atoms with van der Waals surface area (Å²) < 4.78 is 14.0. The lowest BCUT2D eigenvalue weighted by Gasteiger charge is -2.30. The summed E-state index contributed by atoms with van der Waals surface area (Å²) in [7, 11) is 0. The van der Waals surface area contributed by atoms with E-state index in [0.29, 0.717) is 0 Å². The third-order valence-corrected chi connectivity index (χ3v) is 8.01. The zero-order valence-electron chi connectivity index (χ0n) is 19.7. The molecule has 1 heteroatoms. The maximum atomic E-state index is 14.0. The van der Waals surface area contributed by atoms with E-state index in [2.05, 4.69) is 19.1 Å². The lowest BCUT2D eigenvalue weighted by molar-refractivity contribution is 0.234. The van der Waals surface area contributed by atoms with Gasteiger partial charge in [-0.3, -0.25) is 0 Å². The molecule has 3 rings (SSSR count). The standard InChI is InChI=1S/C29H45F/c1-3-5-6-7-23-8-10-24(11-9-23)12-13-25-14-16-26(17-15-25)18-19-27-20-21-28(4-2)29(30)22-27/h16,20-25H,3-15,17-19H2,1-2H3. The fourth-order valence-electron chi connectivity index (χ4n) is 5.73. The molecule has 168 valence electrons. The van der Waals surface area contributed by atoms with E-state index >= 15 is 0 Å². The fraction of sp³-hybridized carbons (Fsp3) is 0.724. The van der Waals surface area contributed by atoms with Crippen molar-refractivity contribution in [1.82, 2.24) is 0 Å². The molecule has 1 fully saturated rings. The fourth-order valence-corrected chi connectivity index (χ4v) is 5.73. The Morgan fingerprint density at radius 2 is 1.57 bits per heavy atom. The van der Waals surface area contributed by atoms with Gasteiger partial charge in [-0.25, -0.2) is 4.39 Å². The van der Waals surface area contributed by atoms with Crippen molar-refractivity contribution in [1.29, 1.82) is 0 Å². The van der Waals surface area contributed by atoms with Crippen molar-refractivity contribution < 1.29 is 4.39 Å². The van der Waals surface area contributed by atoms with Crippen LogP contribution in [0.5, 0.6) is 0 Å². The van der Waals surface area contributed by atoms with Crippen LogP contribution in [0.2, 0.25) is 0 Å². The molecule has 0 heterocycles. The highest BCUT2D eigenvalue weighted by molar-refractivity contribution is 5.25. The molecule has 0 amide bonds. The van der Waals surface area contributed by atoms with Crippen LogP contribution in [-0.4, -0.2) is 0 Å². The summed E-state index contributed by atoms with van der Waals surface area (Å²) >= 11 is 0. The van der Waals surface area contributed by atoms with Gasteiger partial charge < -0.3 is 0 Å². The molecule has 30 heavy (non-hydrogen) atoms. The van der Waals surface area contributed by atoms with Crippen molar-refractivity contribution in [2.75, 3.05) is 0 Å². The van der Waals surface area contributed by atoms with Crippen LogP contribution in [-0.2, 0) is 12.8 Å². The molecule has 1 atom stereocenters. The highest BCUT2D eigenvalue weighted by Crippen LogP contribution is 2.37. The molecule has 2 aliphatic rings. The molecule has 0 bridgehead atoms. The molecule has 0 spiro atoms. The first kappa shape index (κ1) is 23.6. The van der Waals surface area contributed by atoms with Crippen LogP contribution < -0.4 is 0 Å². The SMILES string of the molecule is CCCCCC1CCC(CCC2CC=C(CCc3ccc(CC)c(F)c3)CC2)CC1. The third kappa shape index (κ3) is 7.54. The van der Waals surface area contributed by atoms with E-state index in [1.165, 1.54) is 83.5 Å². The molecule has 0 N–H and O–H groups in total. The predicted octanol–water partition coefficient (Wildman–Crippen LogP) is 9.21. The van der Waals surface area contributed by atoms with E-state index in [4.69, 9.17) is 0 Å². The molecule has 1 aromatic rings. The van der Waals surface area contributed by atoms with E-state index in [9.17, 15) is 4.39 Å². The van der Waals surface area contributed by atoms with Gasteiger partial charge in [0.05, 0.1) is 0 Å². The van der Waals surface area contributed by atoms with Crippen LogP contribution in [0.1, 0.15) is 115 Å². The summed E-state index contributed by atoms with van der Waals surface area (Å²) in [5.74, 6) is 2.94. The van der Waals surface area contributed by atoms with E-state index in [0.717, 1.165) is 48.1 Å². The lowest BCUT2D eigenvalue weighted by Crippen LogP contribution is -2.16. The maximum absolute atomic E-state index is 14.0. The van der Waals surface area contributed by atoms with Crippen LogP contribution in [0.3, 0.4) is 0 Å². The average Bonchev–Trinajstić information content (AvgIpc) is 2.78. The van der Waals surface area contributed by atoms with Crippen LogP contribution in [0.4, 0.5) is 4.39 Å². The molecular weight excluding hydrogens is 367 g/mol. The predicted molar refractivity (Wildman–Crippen MR) is 128 cm³/mol. The molecule has 0 nitrogen and oxygen atoms in total. The summed E-state index contributed by atoms with van der Waals surface area (Å²) in [6.45, 7) is 4.33. The number of unbranched alkanes of at least 4 members (excludes halogenated alkanes) is 2. The van der Waals surface area contributed by atoms with Crippen LogP contribution in [0.25, 0.3) is 0 Å². The van der Waals surface area contributed by atoms with Crippen molar-refractivity contribution in [3.63, 3.8) is 0 Å². The van der Waals surface area contributed by atoms with Crippen molar-refractivity contribution in [2.24, 2.45) is 17.8 Å². The van der Waals surface area contributed by atoms with Crippen molar-refractivity contribution in [3.8, 4) is 0 Å². The van der Waals surface area contributed by atoms with Crippen molar-refractivity contribution >= 4 is 0 Å². The van der Waals surface area contributed by atoms with E-state index in [1.54, 1.807) is 11.6 Å². The van der Waals surface area contributed by atoms with Gasteiger partial charge in [0.2, 0.25) is 0 Å². The minimum atomic E-state index is -0.0253. The number of hydrogen-bond donors (Lipinski definition) is 0. The molecule has 0 aromatic heterocycles. The van der Waals surface area contributed by atoms with E-state index in [-0.39, 0.29) is 5.82 Å². The highest BCUT2D eigenvalue weighted by atomic mass is 19.1. The largest absolute Gasteiger partial charge is 0.207 e. The zero-order valence-corrected chi connectivity index (χ0v) is 19.7. The molecular formula is C29H45F. The Balaban J connectivity index is 1.31. The second-order valence-corrected chi connectivity index (χ2v) is 10.2. The average molecular weight is 413 g/mol. The van der Waals surface area contributed by atoms with Gasteiger partial charge in [-0.15, -0.1) is 0 Å².